The standard InChI is InChI=1S/C11H14N4O/c12-5-11-7-15(14-13-11)6-9-1-3-10(8-16)4-2-9/h1-4,7,16H,5-6,8,12H2. The second-order valence-electron chi connectivity index (χ2n) is 3.59. The van der Waals surface area contributed by atoms with Crippen LogP contribution in [0.2, 0.25) is 0 Å². The first-order valence-electron chi connectivity index (χ1n) is 5.09. The van der Waals surface area contributed by atoms with Crippen molar-refractivity contribution in [2.24, 2.45) is 5.73 Å². The van der Waals surface area contributed by atoms with Crippen LogP contribution < -0.4 is 5.73 Å². The van der Waals surface area contributed by atoms with Gasteiger partial charge in [-0.3, -0.25) is 0 Å². The zero-order valence-electron chi connectivity index (χ0n) is 8.87. The second kappa shape index (κ2) is 4.87. The van der Waals surface area contributed by atoms with Crippen molar-refractivity contribution in [3.8, 4) is 0 Å². The average Bonchev–Trinajstić information content (AvgIpc) is 2.78. The van der Waals surface area contributed by atoms with E-state index in [9.17, 15) is 0 Å². The number of rotatable bonds is 4. The summed E-state index contributed by atoms with van der Waals surface area (Å²) < 4.78 is 1.75. The quantitative estimate of drug-likeness (QED) is 0.772. The van der Waals surface area contributed by atoms with Crippen molar-refractivity contribution in [1.82, 2.24) is 15.0 Å². The lowest BCUT2D eigenvalue weighted by molar-refractivity contribution is 0.282. The van der Waals surface area contributed by atoms with E-state index in [2.05, 4.69) is 10.3 Å². The summed E-state index contributed by atoms with van der Waals surface area (Å²) in [7, 11) is 0. The van der Waals surface area contributed by atoms with E-state index in [1.807, 2.05) is 30.5 Å². The number of nitrogens with two attached hydrogens (primary N) is 1. The van der Waals surface area contributed by atoms with E-state index in [0.29, 0.717) is 13.1 Å². The fraction of sp³-hybridized carbons (Fsp3) is 0.273. The lowest BCUT2D eigenvalue weighted by Gasteiger charge is -2.01. The zero-order valence-corrected chi connectivity index (χ0v) is 8.87. The van der Waals surface area contributed by atoms with Gasteiger partial charge in [0.15, 0.2) is 0 Å². The Balaban J connectivity index is 2.08. The summed E-state index contributed by atoms with van der Waals surface area (Å²) in [5, 5.41) is 16.8. The Kier molecular flexibility index (Phi) is 3.28. The molecule has 16 heavy (non-hydrogen) atoms. The Bertz CT molecular complexity index is 449. The molecule has 3 N–H and O–H groups in total. The van der Waals surface area contributed by atoms with E-state index < -0.39 is 0 Å². The van der Waals surface area contributed by atoms with Crippen molar-refractivity contribution < 1.29 is 5.11 Å². The number of hydrogen-bond donors (Lipinski definition) is 2. The van der Waals surface area contributed by atoms with Gasteiger partial charge in [0.1, 0.15) is 0 Å². The highest BCUT2D eigenvalue weighted by Crippen LogP contribution is 2.06. The third kappa shape index (κ3) is 2.44. The first-order valence-corrected chi connectivity index (χ1v) is 5.09. The molecule has 0 atom stereocenters. The normalized spacial score (nSPS) is 10.6. The Hall–Kier alpha value is -1.72. The molecular weight excluding hydrogens is 204 g/mol. The highest BCUT2D eigenvalue weighted by atomic mass is 16.3. The van der Waals surface area contributed by atoms with Crippen LogP contribution in [0.5, 0.6) is 0 Å². The van der Waals surface area contributed by atoms with Crippen LogP contribution in [0.4, 0.5) is 0 Å². The van der Waals surface area contributed by atoms with Gasteiger partial charge in [-0.2, -0.15) is 0 Å². The van der Waals surface area contributed by atoms with Crippen molar-refractivity contribution in [1.29, 1.82) is 0 Å². The summed E-state index contributed by atoms with van der Waals surface area (Å²) in [4.78, 5) is 0. The van der Waals surface area contributed by atoms with E-state index in [1.165, 1.54) is 0 Å². The van der Waals surface area contributed by atoms with Gasteiger partial charge in [0, 0.05) is 6.54 Å². The Morgan fingerprint density at radius 2 is 1.88 bits per heavy atom. The molecule has 2 rings (SSSR count). The first kappa shape index (κ1) is 10.8. The Labute approximate surface area is 93.5 Å². The molecule has 0 unspecified atom stereocenters. The van der Waals surface area contributed by atoms with E-state index in [-0.39, 0.29) is 6.61 Å². The van der Waals surface area contributed by atoms with Gasteiger partial charge in [-0.15, -0.1) is 5.10 Å². The van der Waals surface area contributed by atoms with E-state index >= 15 is 0 Å². The predicted molar refractivity (Wildman–Crippen MR) is 59.4 cm³/mol. The molecule has 84 valence electrons. The van der Waals surface area contributed by atoms with Crippen LogP contribution in [0.25, 0.3) is 0 Å². The fourth-order valence-electron chi connectivity index (χ4n) is 1.45. The molecule has 0 radical (unpaired) electrons. The van der Waals surface area contributed by atoms with Gasteiger partial charge < -0.3 is 10.8 Å². The van der Waals surface area contributed by atoms with Crippen LogP contribution in [0.1, 0.15) is 16.8 Å². The number of hydrogen-bond acceptors (Lipinski definition) is 4. The first-order chi connectivity index (χ1) is 7.81. The van der Waals surface area contributed by atoms with Gasteiger partial charge in [-0.05, 0) is 11.1 Å². The number of aliphatic hydroxyl groups is 1. The lowest BCUT2D eigenvalue weighted by atomic mass is 10.1. The lowest BCUT2D eigenvalue weighted by Crippen LogP contribution is -2.00. The zero-order chi connectivity index (χ0) is 11.4. The molecule has 0 aliphatic carbocycles. The summed E-state index contributed by atoms with van der Waals surface area (Å²) in [5.41, 5.74) is 8.26. The molecule has 0 bridgehead atoms. The van der Waals surface area contributed by atoms with Gasteiger partial charge in [0.2, 0.25) is 0 Å². The molecule has 0 spiro atoms. The molecule has 5 nitrogen and oxygen atoms in total. The third-order valence-corrected chi connectivity index (χ3v) is 2.35. The second-order valence-corrected chi connectivity index (χ2v) is 3.59. The van der Waals surface area contributed by atoms with Gasteiger partial charge >= 0.3 is 0 Å². The minimum Gasteiger partial charge on any atom is -0.392 e. The Morgan fingerprint density at radius 3 is 2.44 bits per heavy atom. The van der Waals surface area contributed by atoms with Gasteiger partial charge in [0.05, 0.1) is 25.0 Å². The van der Waals surface area contributed by atoms with Crippen LogP contribution in [-0.2, 0) is 19.7 Å². The summed E-state index contributed by atoms with van der Waals surface area (Å²) in [6.45, 7) is 1.14. The number of nitrogens with zero attached hydrogens (tertiary/aromatic N) is 3. The Morgan fingerprint density at radius 1 is 1.19 bits per heavy atom. The van der Waals surface area contributed by atoms with Crippen molar-refractivity contribution in [2.45, 2.75) is 19.7 Å². The van der Waals surface area contributed by atoms with Crippen molar-refractivity contribution in [3.63, 3.8) is 0 Å². The summed E-state index contributed by atoms with van der Waals surface area (Å²) in [5.74, 6) is 0. The SMILES string of the molecule is NCc1cn(Cc2ccc(CO)cc2)nn1. The van der Waals surface area contributed by atoms with Crippen LogP contribution in [-0.4, -0.2) is 20.1 Å². The molecule has 0 saturated carbocycles. The molecule has 1 heterocycles. The van der Waals surface area contributed by atoms with Crippen molar-refractivity contribution in [2.75, 3.05) is 0 Å². The van der Waals surface area contributed by atoms with Gasteiger partial charge in [0.25, 0.3) is 0 Å². The third-order valence-electron chi connectivity index (χ3n) is 2.35. The molecule has 0 saturated heterocycles. The largest absolute Gasteiger partial charge is 0.392 e. The average molecular weight is 218 g/mol. The van der Waals surface area contributed by atoms with Crippen LogP contribution in [0, 0.1) is 0 Å². The monoisotopic (exact) mass is 218 g/mol. The van der Waals surface area contributed by atoms with Crippen molar-refractivity contribution >= 4 is 0 Å². The van der Waals surface area contributed by atoms with E-state index in [1.54, 1.807) is 4.68 Å². The fourth-order valence-corrected chi connectivity index (χ4v) is 1.45. The number of aliphatic hydroxyl groups excluding tert-OH is 1. The molecule has 5 heteroatoms. The summed E-state index contributed by atoms with van der Waals surface area (Å²) in [6, 6.07) is 7.73. The van der Waals surface area contributed by atoms with E-state index in [0.717, 1.165) is 16.8 Å². The molecule has 0 amide bonds. The van der Waals surface area contributed by atoms with Crippen LogP contribution >= 0.6 is 0 Å². The molecule has 2 aromatic rings. The molecule has 1 aromatic carbocycles. The van der Waals surface area contributed by atoms with E-state index in [4.69, 9.17) is 10.8 Å². The maximum Gasteiger partial charge on any atom is 0.0962 e. The minimum absolute atomic E-state index is 0.0704. The highest BCUT2D eigenvalue weighted by Gasteiger charge is 1.99. The van der Waals surface area contributed by atoms with Crippen LogP contribution in [0.15, 0.2) is 30.5 Å². The topological polar surface area (TPSA) is 77.0 Å². The smallest absolute Gasteiger partial charge is 0.0962 e. The molecule has 1 aromatic heterocycles. The maximum atomic E-state index is 8.91. The summed E-state index contributed by atoms with van der Waals surface area (Å²) in [6.07, 6.45) is 1.83. The summed E-state index contributed by atoms with van der Waals surface area (Å²) >= 11 is 0. The van der Waals surface area contributed by atoms with Gasteiger partial charge in [-0.25, -0.2) is 4.68 Å². The van der Waals surface area contributed by atoms with Crippen LogP contribution in [0.3, 0.4) is 0 Å². The molecule has 0 aliphatic heterocycles. The van der Waals surface area contributed by atoms with Crippen molar-refractivity contribution in [3.05, 3.63) is 47.3 Å². The highest BCUT2D eigenvalue weighted by molar-refractivity contribution is 5.22. The van der Waals surface area contributed by atoms with Gasteiger partial charge in [-0.1, -0.05) is 29.5 Å². The number of benzene rings is 1. The predicted octanol–water partition coefficient (Wildman–Crippen LogP) is 0.277. The number of aromatic nitrogens is 3. The minimum atomic E-state index is 0.0704. The molecule has 0 aliphatic rings. The molecule has 0 fully saturated rings. The maximum absolute atomic E-state index is 8.91. The molecular formula is C11H14N4O.